The Hall–Kier alpha value is -2.77. The number of alkyl carbamates (subject to hydrolysis) is 1. The Bertz CT molecular complexity index is 693. The number of carbonyl (C=O) groups is 2. The average Bonchev–Trinajstić information content (AvgIpc) is 2.96. The van der Waals surface area contributed by atoms with Crippen molar-refractivity contribution in [1.29, 1.82) is 0 Å². The van der Waals surface area contributed by atoms with Gasteiger partial charge in [-0.1, -0.05) is 12.1 Å². The van der Waals surface area contributed by atoms with Gasteiger partial charge in [-0.3, -0.25) is 0 Å². The van der Waals surface area contributed by atoms with Crippen LogP contribution in [0.25, 0.3) is 0 Å². The number of amides is 2. The van der Waals surface area contributed by atoms with Gasteiger partial charge in [0.05, 0.1) is 11.7 Å². The number of carboxylic acid groups (broad SMARTS) is 1. The molecule has 0 aromatic carbocycles. The molecule has 134 valence electrons. The molecule has 2 atom stereocenters. The molecule has 2 amide bonds. The zero-order valence-electron chi connectivity index (χ0n) is 14.1. The first-order valence-corrected chi connectivity index (χ1v) is 8.26. The van der Waals surface area contributed by atoms with Gasteiger partial charge in [-0.15, -0.1) is 6.58 Å². The van der Waals surface area contributed by atoms with Gasteiger partial charge >= 0.3 is 12.2 Å². The van der Waals surface area contributed by atoms with Gasteiger partial charge in [-0.2, -0.15) is 0 Å². The number of rotatable bonds is 4. The summed E-state index contributed by atoms with van der Waals surface area (Å²) in [6, 6.07) is 3.99. The number of carbonyl (C=O) groups excluding carboxylic acids is 1. The zero-order valence-corrected chi connectivity index (χ0v) is 14.1. The lowest BCUT2D eigenvalue weighted by molar-refractivity contribution is 0.128. The SMILES string of the molecule is C=CCNC(=O)OCc1ccc2c(n1)N1C(C)CN(C(=O)O)CC1C2. The molecule has 0 aliphatic carbocycles. The fourth-order valence-corrected chi connectivity index (χ4v) is 3.46. The number of piperazine rings is 1. The molecule has 2 N–H and O–H groups in total. The normalized spacial score (nSPS) is 21.3. The van der Waals surface area contributed by atoms with E-state index in [0.717, 1.165) is 17.8 Å². The summed E-state index contributed by atoms with van der Waals surface area (Å²) in [6.45, 7) is 6.90. The Labute approximate surface area is 146 Å². The number of pyridine rings is 1. The highest BCUT2D eigenvalue weighted by molar-refractivity contribution is 5.68. The fraction of sp³-hybridized carbons (Fsp3) is 0.471. The highest BCUT2D eigenvalue weighted by atomic mass is 16.5. The first-order chi connectivity index (χ1) is 12.0. The Morgan fingerprint density at radius 2 is 2.28 bits per heavy atom. The molecule has 2 aliphatic rings. The molecular formula is C17H22N4O4. The van der Waals surface area contributed by atoms with Crippen molar-refractivity contribution < 1.29 is 19.4 Å². The number of anilines is 1. The minimum atomic E-state index is -0.880. The van der Waals surface area contributed by atoms with Crippen molar-refractivity contribution in [2.45, 2.75) is 32.0 Å². The van der Waals surface area contributed by atoms with Crippen LogP contribution in [0.1, 0.15) is 18.2 Å². The molecule has 3 heterocycles. The average molecular weight is 346 g/mol. The van der Waals surface area contributed by atoms with E-state index in [1.165, 1.54) is 4.90 Å². The minimum absolute atomic E-state index is 0.0515. The minimum Gasteiger partial charge on any atom is -0.465 e. The van der Waals surface area contributed by atoms with Crippen LogP contribution in [0.4, 0.5) is 15.4 Å². The smallest absolute Gasteiger partial charge is 0.407 e. The lowest BCUT2D eigenvalue weighted by Gasteiger charge is -2.42. The number of nitrogens with zero attached hydrogens (tertiary/aromatic N) is 3. The van der Waals surface area contributed by atoms with Crippen molar-refractivity contribution in [1.82, 2.24) is 15.2 Å². The third-order valence-electron chi connectivity index (χ3n) is 4.51. The van der Waals surface area contributed by atoms with Crippen molar-refractivity contribution in [2.24, 2.45) is 0 Å². The number of nitrogens with one attached hydrogen (secondary N) is 1. The zero-order chi connectivity index (χ0) is 18.0. The van der Waals surface area contributed by atoms with Gasteiger partial charge in [-0.05, 0) is 25.0 Å². The molecule has 0 spiro atoms. The Kier molecular flexibility index (Phi) is 4.78. The summed E-state index contributed by atoms with van der Waals surface area (Å²) in [4.78, 5) is 31.1. The van der Waals surface area contributed by atoms with E-state index < -0.39 is 12.2 Å². The van der Waals surface area contributed by atoms with E-state index in [2.05, 4.69) is 21.8 Å². The molecule has 1 aromatic heterocycles. The molecular weight excluding hydrogens is 324 g/mol. The second-order valence-electron chi connectivity index (χ2n) is 6.33. The molecule has 8 heteroatoms. The van der Waals surface area contributed by atoms with Gasteiger partial charge in [0.1, 0.15) is 12.4 Å². The van der Waals surface area contributed by atoms with Crippen LogP contribution in [-0.4, -0.2) is 58.9 Å². The maximum absolute atomic E-state index is 11.5. The number of hydrogen-bond donors (Lipinski definition) is 2. The predicted octanol–water partition coefficient (Wildman–Crippen LogP) is 1.61. The van der Waals surface area contributed by atoms with E-state index in [4.69, 9.17) is 4.74 Å². The van der Waals surface area contributed by atoms with Crippen LogP contribution in [0.5, 0.6) is 0 Å². The number of aromatic nitrogens is 1. The first kappa shape index (κ1) is 17.1. The Balaban J connectivity index is 1.69. The quantitative estimate of drug-likeness (QED) is 0.804. The van der Waals surface area contributed by atoms with Crippen LogP contribution in [0, 0.1) is 0 Å². The first-order valence-electron chi connectivity index (χ1n) is 8.26. The lowest BCUT2D eigenvalue weighted by atomic mass is 10.1. The summed E-state index contributed by atoms with van der Waals surface area (Å²) in [7, 11) is 0. The van der Waals surface area contributed by atoms with Gasteiger partial charge < -0.3 is 25.0 Å². The second kappa shape index (κ2) is 7.00. The van der Waals surface area contributed by atoms with Crippen LogP contribution < -0.4 is 10.2 Å². The molecule has 1 saturated heterocycles. The molecule has 2 unspecified atom stereocenters. The fourth-order valence-electron chi connectivity index (χ4n) is 3.46. The molecule has 1 fully saturated rings. The van der Waals surface area contributed by atoms with Crippen LogP contribution >= 0.6 is 0 Å². The van der Waals surface area contributed by atoms with Gasteiger partial charge in [-0.25, -0.2) is 14.6 Å². The van der Waals surface area contributed by atoms with Gasteiger partial charge in [0.2, 0.25) is 0 Å². The van der Waals surface area contributed by atoms with E-state index in [1.54, 1.807) is 6.08 Å². The molecule has 0 bridgehead atoms. The third-order valence-corrected chi connectivity index (χ3v) is 4.51. The number of hydrogen-bond acceptors (Lipinski definition) is 5. The third kappa shape index (κ3) is 3.52. The molecule has 1 aromatic rings. The van der Waals surface area contributed by atoms with Crippen molar-refractivity contribution in [3.05, 3.63) is 36.0 Å². The van der Waals surface area contributed by atoms with Crippen molar-refractivity contribution in [3.63, 3.8) is 0 Å². The molecule has 3 rings (SSSR count). The van der Waals surface area contributed by atoms with Gasteiger partial charge in [0.15, 0.2) is 0 Å². The summed E-state index contributed by atoms with van der Waals surface area (Å²) in [5.41, 5.74) is 1.77. The summed E-state index contributed by atoms with van der Waals surface area (Å²) in [6.07, 6.45) is 0.962. The summed E-state index contributed by atoms with van der Waals surface area (Å²) in [5, 5.41) is 11.8. The monoisotopic (exact) mass is 346 g/mol. The standard InChI is InChI=1S/C17H22N4O4/c1-3-6-18-16(22)25-10-13-5-4-12-7-14-9-20(17(23)24)8-11(2)21(14)15(12)19-13/h3-5,11,14H,1,6-10H2,2H3,(H,18,22)(H,23,24). The maximum Gasteiger partial charge on any atom is 0.407 e. The Morgan fingerprint density at radius 3 is 3.00 bits per heavy atom. The van der Waals surface area contributed by atoms with Crippen molar-refractivity contribution in [2.75, 3.05) is 24.5 Å². The van der Waals surface area contributed by atoms with Crippen LogP contribution in [-0.2, 0) is 17.8 Å². The molecule has 0 radical (unpaired) electrons. The number of ether oxygens (including phenoxy) is 1. The largest absolute Gasteiger partial charge is 0.465 e. The molecule has 0 saturated carbocycles. The van der Waals surface area contributed by atoms with Crippen molar-refractivity contribution in [3.8, 4) is 0 Å². The second-order valence-corrected chi connectivity index (χ2v) is 6.33. The van der Waals surface area contributed by atoms with E-state index >= 15 is 0 Å². The number of fused-ring (bicyclic) bond motifs is 3. The topological polar surface area (TPSA) is 95.0 Å². The lowest BCUT2D eigenvalue weighted by Crippen LogP contribution is -2.58. The highest BCUT2D eigenvalue weighted by Gasteiger charge is 2.40. The van der Waals surface area contributed by atoms with E-state index in [1.807, 2.05) is 19.1 Å². The van der Waals surface area contributed by atoms with E-state index in [-0.39, 0.29) is 18.7 Å². The highest BCUT2D eigenvalue weighted by Crippen LogP contribution is 2.35. The van der Waals surface area contributed by atoms with Gasteiger partial charge in [0, 0.05) is 25.7 Å². The van der Waals surface area contributed by atoms with Gasteiger partial charge in [0.25, 0.3) is 0 Å². The summed E-state index contributed by atoms with van der Waals surface area (Å²) >= 11 is 0. The van der Waals surface area contributed by atoms with Crippen molar-refractivity contribution >= 4 is 18.0 Å². The summed E-state index contributed by atoms with van der Waals surface area (Å²) in [5.74, 6) is 0.870. The maximum atomic E-state index is 11.5. The molecule has 2 aliphatic heterocycles. The van der Waals surface area contributed by atoms with E-state index in [0.29, 0.717) is 25.3 Å². The van der Waals surface area contributed by atoms with Crippen LogP contribution in [0.2, 0.25) is 0 Å². The van der Waals surface area contributed by atoms with Crippen LogP contribution in [0.3, 0.4) is 0 Å². The Morgan fingerprint density at radius 1 is 1.48 bits per heavy atom. The van der Waals surface area contributed by atoms with E-state index in [9.17, 15) is 14.7 Å². The summed E-state index contributed by atoms with van der Waals surface area (Å²) < 4.78 is 5.14. The molecule has 8 nitrogen and oxygen atoms in total. The van der Waals surface area contributed by atoms with Crippen LogP contribution in [0.15, 0.2) is 24.8 Å². The molecule has 25 heavy (non-hydrogen) atoms. The predicted molar refractivity (Wildman–Crippen MR) is 91.7 cm³/mol.